The summed E-state index contributed by atoms with van der Waals surface area (Å²) in [5, 5.41) is 9.01. The van der Waals surface area contributed by atoms with Crippen LogP contribution in [0.25, 0.3) is 0 Å². The number of halogens is 2. The van der Waals surface area contributed by atoms with Crippen molar-refractivity contribution >= 4 is 11.6 Å². The summed E-state index contributed by atoms with van der Waals surface area (Å²) >= 11 is 0. The minimum Gasteiger partial charge on any atom is -0.497 e. The zero-order valence-corrected chi connectivity index (χ0v) is 16.2. The number of nitriles is 1. The van der Waals surface area contributed by atoms with E-state index >= 15 is 8.78 Å². The first-order chi connectivity index (χ1) is 14.5. The molecule has 1 amide bonds. The van der Waals surface area contributed by atoms with Crippen molar-refractivity contribution < 1.29 is 18.3 Å². The Morgan fingerprint density at radius 2 is 1.77 bits per heavy atom. The molecule has 0 saturated heterocycles. The first-order valence-corrected chi connectivity index (χ1v) is 9.37. The summed E-state index contributed by atoms with van der Waals surface area (Å²) in [5.41, 5.74) is 2.10. The van der Waals surface area contributed by atoms with E-state index in [1.807, 2.05) is 12.1 Å². The molecular weight excluding hydrogens is 386 g/mol. The van der Waals surface area contributed by atoms with Gasteiger partial charge in [-0.05, 0) is 47.0 Å². The number of hydrogen-bond donors (Lipinski definition) is 0. The average Bonchev–Trinajstić information content (AvgIpc) is 2.77. The Morgan fingerprint density at radius 1 is 1.07 bits per heavy atom. The Bertz CT molecular complexity index is 1120. The Morgan fingerprint density at radius 3 is 2.40 bits per heavy atom. The van der Waals surface area contributed by atoms with E-state index in [1.165, 1.54) is 31.4 Å². The lowest BCUT2D eigenvalue weighted by Crippen LogP contribution is -2.51. The summed E-state index contributed by atoms with van der Waals surface area (Å²) in [6, 6.07) is 21.7. The molecule has 6 heteroatoms. The monoisotopic (exact) mass is 404 g/mol. The summed E-state index contributed by atoms with van der Waals surface area (Å²) in [6.07, 6.45) is 0. The Kier molecular flexibility index (Phi) is 4.96. The van der Waals surface area contributed by atoms with Crippen molar-refractivity contribution in [1.82, 2.24) is 0 Å². The number of nitrogens with zero attached hydrogens (tertiary/aromatic N) is 2. The quantitative estimate of drug-likeness (QED) is 0.623. The smallest absolute Gasteiger partial charge is 0.335 e. The van der Waals surface area contributed by atoms with Gasteiger partial charge in [0, 0.05) is 5.69 Å². The maximum absolute atomic E-state index is 15.5. The molecule has 4 nitrogen and oxygen atoms in total. The van der Waals surface area contributed by atoms with Gasteiger partial charge in [-0.2, -0.15) is 14.0 Å². The van der Waals surface area contributed by atoms with Gasteiger partial charge in [0.15, 0.2) is 0 Å². The van der Waals surface area contributed by atoms with Gasteiger partial charge in [0.25, 0.3) is 5.91 Å². The third-order valence-electron chi connectivity index (χ3n) is 5.29. The molecule has 150 valence electrons. The van der Waals surface area contributed by atoms with E-state index in [1.54, 1.807) is 42.5 Å². The highest BCUT2D eigenvalue weighted by molar-refractivity contribution is 6.03. The van der Waals surface area contributed by atoms with Crippen molar-refractivity contribution in [3.8, 4) is 11.8 Å². The molecule has 30 heavy (non-hydrogen) atoms. The molecule has 1 aliphatic rings. The van der Waals surface area contributed by atoms with Gasteiger partial charge < -0.3 is 9.64 Å². The van der Waals surface area contributed by atoms with E-state index in [9.17, 15) is 4.79 Å². The fourth-order valence-electron chi connectivity index (χ4n) is 3.81. The SMILES string of the molecule is COc1ccc2c(c1)C(c1ccc(C#N)cc1)C(F)(F)C(=O)N2Cc1ccccc1. The van der Waals surface area contributed by atoms with Crippen LogP contribution in [-0.2, 0) is 11.3 Å². The molecule has 0 aliphatic carbocycles. The van der Waals surface area contributed by atoms with Gasteiger partial charge in [0.05, 0.1) is 31.2 Å². The molecule has 3 aromatic carbocycles. The fourth-order valence-corrected chi connectivity index (χ4v) is 3.81. The molecule has 0 fully saturated rings. The number of carbonyl (C=O) groups is 1. The standard InChI is InChI=1S/C24H18F2N2O2/c1-30-19-11-12-21-20(13-19)22(18-9-7-16(14-27)8-10-18)24(25,26)23(29)28(21)15-17-5-3-2-4-6-17/h2-13,22H,15H2,1H3. The molecule has 4 rings (SSSR count). The molecule has 0 aromatic heterocycles. The van der Waals surface area contributed by atoms with E-state index < -0.39 is 17.7 Å². The molecule has 0 radical (unpaired) electrons. The lowest BCUT2D eigenvalue weighted by molar-refractivity contribution is -0.145. The van der Waals surface area contributed by atoms with Crippen LogP contribution in [0.3, 0.4) is 0 Å². The maximum atomic E-state index is 15.5. The van der Waals surface area contributed by atoms with Gasteiger partial charge in [-0.25, -0.2) is 0 Å². The molecule has 1 unspecified atom stereocenters. The number of ether oxygens (including phenoxy) is 1. The first-order valence-electron chi connectivity index (χ1n) is 9.37. The van der Waals surface area contributed by atoms with Gasteiger partial charge in [0.1, 0.15) is 5.75 Å². The van der Waals surface area contributed by atoms with Crippen LogP contribution in [0, 0.1) is 11.3 Å². The van der Waals surface area contributed by atoms with E-state index in [4.69, 9.17) is 10.00 Å². The van der Waals surface area contributed by atoms with Crippen LogP contribution in [0.15, 0.2) is 72.8 Å². The molecule has 1 heterocycles. The van der Waals surface area contributed by atoms with Crippen LogP contribution >= 0.6 is 0 Å². The second-order valence-corrected chi connectivity index (χ2v) is 7.09. The van der Waals surface area contributed by atoms with Gasteiger partial charge >= 0.3 is 5.92 Å². The highest BCUT2D eigenvalue weighted by atomic mass is 19.3. The lowest BCUT2D eigenvalue weighted by Gasteiger charge is -2.39. The van der Waals surface area contributed by atoms with E-state index in [0.29, 0.717) is 22.6 Å². The number of carbonyl (C=O) groups excluding carboxylic acids is 1. The zero-order valence-electron chi connectivity index (χ0n) is 16.2. The summed E-state index contributed by atoms with van der Waals surface area (Å²) < 4.78 is 36.3. The maximum Gasteiger partial charge on any atom is 0.335 e. The van der Waals surface area contributed by atoms with Crippen LogP contribution in [0.1, 0.15) is 28.2 Å². The van der Waals surface area contributed by atoms with E-state index in [0.717, 1.165) is 10.5 Å². The summed E-state index contributed by atoms with van der Waals surface area (Å²) in [7, 11) is 1.46. The van der Waals surface area contributed by atoms with Crippen LogP contribution in [-0.4, -0.2) is 18.9 Å². The molecular formula is C24H18F2N2O2. The number of alkyl halides is 2. The van der Waals surface area contributed by atoms with Crippen molar-refractivity contribution in [2.45, 2.75) is 18.4 Å². The Hall–Kier alpha value is -3.72. The number of fused-ring (bicyclic) bond motifs is 1. The normalized spacial score (nSPS) is 17.2. The summed E-state index contributed by atoms with van der Waals surface area (Å²) in [5.74, 6) is -5.96. The van der Waals surface area contributed by atoms with Crippen molar-refractivity contribution in [3.05, 3.63) is 95.1 Å². The Labute approximate surface area is 172 Å². The third-order valence-corrected chi connectivity index (χ3v) is 5.29. The van der Waals surface area contributed by atoms with Gasteiger partial charge in [-0.1, -0.05) is 42.5 Å². The molecule has 0 N–H and O–H groups in total. The van der Waals surface area contributed by atoms with Gasteiger partial charge in [-0.15, -0.1) is 0 Å². The lowest BCUT2D eigenvalue weighted by atomic mass is 9.80. The second kappa shape index (κ2) is 7.60. The van der Waals surface area contributed by atoms with Crippen LogP contribution in [0.4, 0.5) is 14.5 Å². The van der Waals surface area contributed by atoms with Crippen molar-refractivity contribution in [2.75, 3.05) is 12.0 Å². The molecule has 1 aliphatic heterocycles. The van der Waals surface area contributed by atoms with Crippen molar-refractivity contribution in [3.63, 3.8) is 0 Å². The highest BCUT2D eigenvalue weighted by Crippen LogP contribution is 2.49. The first kappa shape index (κ1) is 19.6. The minimum absolute atomic E-state index is 0.0364. The number of hydrogen-bond acceptors (Lipinski definition) is 3. The van der Waals surface area contributed by atoms with E-state index in [2.05, 4.69) is 0 Å². The molecule has 3 aromatic rings. The average molecular weight is 404 g/mol. The molecule has 0 bridgehead atoms. The molecule has 0 spiro atoms. The third kappa shape index (κ3) is 3.29. The highest BCUT2D eigenvalue weighted by Gasteiger charge is 2.55. The Balaban J connectivity index is 1.87. The predicted octanol–water partition coefficient (Wildman–Crippen LogP) is 4.88. The van der Waals surface area contributed by atoms with Crippen LogP contribution in [0.2, 0.25) is 0 Å². The fraction of sp³-hybridized carbons (Fsp3) is 0.167. The van der Waals surface area contributed by atoms with Crippen LogP contribution in [0.5, 0.6) is 5.75 Å². The largest absolute Gasteiger partial charge is 0.497 e. The van der Waals surface area contributed by atoms with Gasteiger partial charge in [-0.3, -0.25) is 4.79 Å². The summed E-state index contributed by atoms with van der Waals surface area (Å²) in [4.78, 5) is 14.1. The number of amides is 1. The molecule has 0 saturated carbocycles. The van der Waals surface area contributed by atoms with Crippen LogP contribution < -0.4 is 9.64 Å². The number of benzene rings is 3. The number of methoxy groups -OCH3 is 1. The van der Waals surface area contributed by atoms with Crippen molar-refractivity contribution in [2.24, 2.45) is 0 Å². The number of anilines is 1. The number of rotatable bonds is 4. The van der Waals surface area contributed by atoms with Gasteiger partial charge in [0.2, 0.25) is 0 Å². The molecule has 1 atom stereocenters. The van der Waals surface area contributed by atoms with E-state index in [-0.39, 0.29) is 12.1 Å². The second-order valence-electron chi connectivity index (χ2n) is 7.09. The zero-order chi connectivity index (χ0) is 21.3. The topological polar surface area (TPSA) is 53.3 Å². The summed E-state index contributed by atoms with van der Waals surface area (Å²) in [6.45, 7) is 0.0364. The predicted molar refractivity (Wildman–Crippen MR) is 109 cm³/mol. The van der Waals surface area contributed by atoms with Crippen molar-refractivity contribution in [1.29, 1.82) is 5.26 Å². The minimum atomic E-state index is -3.66.